The van der Waals surface area contributed by atoms with Gasteiger partial charge < -0.3 is 29.4 Å². The number of nitrogens with zero attached hydrogens (tertiary/aromatic N) is 1. The number of ether oxygens (including phenoxy) is 4. The van der Waals surface area contributed by atoms with Gasteiger partial charge in [0.05, 0.1) is 11.7 Å². The highest BCUT2D eigenvalue weighted by molar-refractivity contribution is 8.14. The van der Waals surface area contributed by atoms with Crippen molar-refractivity contribution in [1.29, 1.82) is 0 Å². The first-order chi connectivity index (χ1) is 10.6. The van der Waals surface area contributed by atoms with E-state index in [0.29, 0.717) is 19.6 Å². The van der Waals surface area contributed by atoms with Gasteiger partial charge in [0.25, 0.3) is 0 Å². The maximum Gasteiger partial charge on any atom is 0.404 e. The van der Waals surface area contributed by atoms with E-state index in [4.69, 9.17) is 24.1 Å². The van der Waals surface area contributed by atoms with Crippen molar-refractivity contribution in [3.63, 3.8) is 0 Å². The smallest absolute Gasteiger partial charge is 0.404 e. The van der Waals surface area contributed by atoms with Crippen molar-refractivity contribution in [2.75, 3.05) is 34.5 Å². The Hall–Kier alpha value is -0.870. The molecule has 0 aromatic carbocycles. The topological polar surface area (TPSA) is 98.6 Å². The number of nitrogens with one attached hydrogen (secondary N) is 1. The summed E-state index contributed by atoms with van der Waals surface area (Å²) in [6.07, 6.45) is -1.20. The van der Waals surface area contributed by atoms with Gasteiger partial charge in [-0.3, -0.25) is 4.99 Å². The van der Waals surface area contributed by atoms with Gasteiger partial charge in [-0.25, -0.2) is 4.79 Å². The Labute approximate surface area is 133 Å². The van der Waals surface area contributed by atoms with Crippen molar-refractivity contribution in [3.8, 4) is 0 Å². The van der Waals surface area contributed by atoms with Crippen LogP contribution in [0.25, 0.3) is 0 Å². The van der Waals surface area contributed by atoms with Crippen molar-refractivity contribution >= 4 is 22.9 Å². The number of hydrogen-bond acceptors (Lipinski definition) is 7. The second-order valence-electron chi connectivity index (χ2n) is 5.01. The van der Waals surface area contributed by atoms with Crippen LogP contribution in [0.4, 0.5) is 4.79 Å². The molecule has 2 heterocycles. The van der Waals surface area contributed by atoms with Crippen LogP contribution < -0.4 is 5.32 Å². The van der Waals surface area contributed by atoms with Crippen LogP contribution in [0.1, 0.15) is 6.42 Å². The summed E-state index contributed by atoms with van der Waals surface area (Å²) in [5, 5.41) is 11.8. The highest BCUT2D eigenvalue weighted by Gasteiger charge is 2.49. The Balaban J connectivity index is 2.02. The molecule has 0 aliphatic carbocycles. The monoisotopic (exact) mass is 334 g/mol. The summed E-state index contributed by atoms with van der Waals surface area (Å²) in [5.74, 6) is 0. The van der Waals surface area contributed by atoms with Gasteiger partial charge in [0.15, 0.2) is 0 Å². The molecule has 8 nitrogen and oxygen atoms in total. The third-order valence-electron chi connectivity index (χ3n) is 3.65. The Morgan fingerprint density at radius 2 is 2.09 bits per heavy atom. The highest BCUT2D eigenvalue weighted by Crippen LogP contribution is 2.39. The Morgan fingerprint density at radius 1 is 1.36 bits per heavy atom. The second-order valence-corrected chi connectivity index (χ2v) is 6.18. The summed E-state index contributed by atoms with van der Waals surface area (Å²) in [6.45, 7) is 0.742. The number of methoxy groups -OCH3 is 3. The summed E-state index contributed by atoms with van der Waals surface area (Å²) < 4.78 is 22.3. The number of hydrogen-bond donors (Lipinski definition) is 2. The minimum Gasteiger partial charge on any atom is -0.465 e. The first-order valence-electron chi connectivity index (χ1n) is 7.00. The molecule has 22 heavy (non-hydrogen) atoms. The molecule has 1 amide bonds. The molecule has 2 aliphatic heterocycles. The molecule has 0 spiro atoms. The van der Waals surface area contributed by atoms with Crippen molar-refractivity contribution in [2.24, 2.45) is 4.99 Å². The first kappa shape index (κ1) is 17.5. The van der Waals surface area contributed by atoms with Crippen LogP contribution in [-0.2, 0) is 18.9 Å². The Morgan fingerprint density at radius 3 is 2.68 bits per heavy atom. The lowest BCUT2D eigenvalue weighted by atomic mass is 9.98. The van der Waals surface area contributed by atoms with Crippen molar-refractivity contribution < 1.29 is 28.8 Å². The van der Waals surface area contributed by atoms with Crippen LogP contribution >= 0.6 is 11.8 Å². The average molecular weight is 334 g/mol. The van der Waals surface area contributed by atoms with Gasteiger partial charge in [0.1, 0.15) is 29.8 Å². The van der Waals surface area contributed by atoms with Crippen LogP contribution in [0, 0.1) is 0 Å². The fourth-order valence-electron chi connectivity index (χ4n) is 2.71. The molecular weight excluding hydrogens is 312 g/mol. The highest BCUT2D eigenvalue weighted by atomic mass is 32.2. The Bertz CT molecular complexity index is 421. The van der Waals surface area contributed by atoms with Gasteiger partial charge >= 0.3 is 6.09 Å². The summed E-state index contributed by atoms with van der Waals surface area (Å²) >= 11 is 1.51. The largest absolute Gasteiger partial charge is 0.465 e. The van der Waals surface area contributed by atoms with Gasteiger partial charge in [-0.05, 0) is 0 Å². The summed E-state index contributed by atoms with van der Waals surface area (Å²) in [5.41, 5.74) is -0.156. The molecule has 1 fully saturated rings. The SMILES string of the molecule is COC[C@H]1O[C@@H]2SC(CCNC(=O)O)=N[C@@H]2[C@@H](OC)[C@@H]1OC. The molecule has 2 rings (SSSR count). The molecule has 0 saturated carbocycles. The van der Waals surface area contributed by atoms with E-state index in [2.05, 4.69) is 10.3 Å². The summed E-state index contributed by atoms with van der Waals surface area (Å²) in [4.78, 5) is 15.1. The number of aliphatic imine (C=N–C) groups is 1. The lowest BCUT2D eigenvalue weighted by molar-refractivity contribution is -0.185. The molecule has 9 heteroatoms. The number of amides is 1. The lowest BCUT2D eigenvalue weighted by Crippen LogP contribution is -2.57. The molecule has 126 valence electrons. The van der Waals surface area contributed by atoms with Gasteiger partial charge in [0.2, 0.25) is 0 Å². The van der Waals surface area contributed by atoms with Crippen molar-refractivity contribution in [3.05, 3.63) is 0 Å². The minimum absolute atomic E-state index is 0.156. The van der Waals surface area contributed by atoms with E-state index >= 15 is 0 Å². The molecule has 1 saturated heterocycles. The fraction of sp³-hybridized carbons (Fsp3) is 0.846. The molecule has 2 aliphatic rings. The van der Waals surface area contributed by atoms with Crippen LogP contribution in [0.3, 0.4) is 0 Å². The van der Waals surface area contributed by atoms with Gasteiger partial charge in [0, 0.05) is 34.3 Å². The number of carbonyl (C=O) groups is 1. The van der Waals surface area contributed by atoms with Gasteiger partial charge in [-0.15, -0.1) is 0 Å². The zero-order valence-electron chi connectivity index (χ0n) is 12.9. The van der Waals surface area contributed by atoms with E-state index in [-0.39, 0.29) is 29.8 Å². The zero-order valence-corrected chi connectivity index (χ0v) is 13.7. The molecular formula is C13H22N2O6S. The second kappa shape index (κ2) is 8.11. The first-order valence-corrected chi connectivity index (χ1v) is 7.88. The molecule has 0 unspecified atom stereocenters. The van der Waals surface area contributed by atoms with E-state index in [0.717, 1.165) is 5.04 Å². The average Bonchev–Trinajstić information content (AvgIpc) is 2.88. The maximum absolute atomic E-state index is 10.5. The fourth-order valence-corrected chi connectivity index (χ4v) is 3.94. The van der Waals surface area contributed by atoms with Gasteiger partial charge in [-0.2, -0.15) is 0 Å². The van der Waals surface area contributed by atoms with Crippen LogP contribution in [0.2, 0.25) is 0 Å². The summed E-state index contributed by atoms with van der Waals surface area (Å²) in [7, 11) is 4.87. The molecule has 0 bridgehead atoms. The van der Waals surface area contributed by atoms with E-state index < -0.39 is 6.09 Å². The number of thioether (sulfide) groups is 1. The predicted molar refractivity (Wildman–Crippen MR) is 81.6 cm³/mol. The molecule has 2 N–H and O–H groups in total. The van der Waals surface area contributed by atoms with Crippen LogP contribution in [-0.4, -0.2) is 80.5 Å². The maximum atomic E-state index is 10.5. The number of carboxylic acid groups (broad SMARTS) is 1. The van der Waals surface area contributed by atoms with Gasteiger partial charge in [-0.1, -0.05) is 11.8 Å². The van der Waals surface area contributed by atoms with Crippen molar-refractivity contribution in [1.82, 2.24) is 5.32 Å². The third kappa shape index (κ3) is 3.90. The van der Waals surface area contributed by atoms with E-state index in [9.17, 15) is 4.79 Å². The Kier molecular flexibility index (Phi) is 6.45. The predicted octanol–water partition coefficient (Wildman–Crippen LogP) is 0.559. The quantitative estimate of drug-likeness (QED) is 0.702. The minimum atomic E-state index is -1.04. The van der Waals surface area contributed by atoms with E-state index in [1.807, 2.05) is 0 Å². The van der Waals surface area contributed by atoms with Crippen LogP contribution in [0.5, 0.6) is 0 Å². The normalized spacial score (nSPS) is 34.1. The summed E-state index contributed by atoms with van der Waals surface area (Å²) in [6, 6.07) is -0.159. The third-order valence-corrected chi connectivity index (χ3v) is 4.85. The standard InChI is InChI=1S/C13H22N2O6S/c1-18-6-7-10(19-2)11(20-3)9-12(21-7)22-8(15-9)4-5-14-13(16)17/h7,9-12,14H,4-6H2,1-3H3,(H,16,17)/t7-,9-,10-,11-,12-/m1/s1. The van der Waals surface area contributed by atoms with Crippen molar-refractivity contribution in [2.45, 2.75) is 36.2 Å². The molecule has 5 atom stereocenters. The molecule has 0 radical (unpaired) electrons. The lowest BCUT2D eigenvalue weighted by Gasteiger charge is -2.41. The van der Waals surface area contributed by atoms with E-state index in [1.54, 1.807) is 21.3 Å². The molecule has 0 aromatic rings. The molecule has 0 aromatic heterocycles. The zero-order chi connectivity index (χ0) is 16.1. The number of fused-ring (bicyclic) bond motifs is 1. The van der Waals surface area contributed by atoms with E-state index in [1.165, 1.54) is 11.8 Å². The van der Waals surface area contributed by atoms with Crippen LogP contribution in [0.15, 0.2) is 4.99 Å². The number of rotatable bonds is 7.